The van der Waals surface area contributed by atoms with E-state index in [1.807, 2.05) is 23.6 Å². The van der Waals surface area contributed by atoms with Gasteiger partial charge in [-0.15, -0.1) is 11.3 Å². The van der Waals surface area contributed by atoms with Crippen LogP contribution < -0.4 is 16.4 Å². The number of benzene rings is 1. The number of nitrogens with two attached hydrogens (primary N) is 1. The van der Waals surface area contributed by atoms with Gasteiger partial charge in [0.15, 0.2) is 0 Å². The Kier molecular flexibility index (Phi) is 4.00. The van der Waals surface area contributed by atoms with Crippen molar-refractivity contribution in [3.8, 4) is 6.07 Å². The van der Waals surface area contributed by atoms with E-state index in [9.17, 15) is 4.79 Å². The molecule has 6 heteroatoms. The first-order chi connectivity index (χ1) is 9.17. The Hall–Kier alpha value is -2.52. The molecule has 4 N–H and O–H groups in total. The fourth-order valence-electron chi connectivity index (χ4n) is 1.57. The number of urea groups is 1. The highest BCUT2D eigenvalue weighted by molar-refractivity contribution is 7.10. The van der Waals surface area contributed by atoms with E-state index in [1.54, 1.807) is 12.1 Å². The minimum atomic E-state index is -0.589. The van der Waals surface area contributed by atoms with E-state index in [1.165, 1.54) is 11.3 Å². The summed E-state index contributed by atoms with van der Waals surface area (Å²) >= 11 is 1.53. The van der Waals surface area contributed by atoms with Gasteiger partial charge in [0.2, 0.25) is 0 Å². The molecule has 19 heavy (non-hydrogen) atoms. The number of anilines is 2. The van der Waals surface area contributed by atoms with E-state index < -0.39 is 6.03 Å². The van der Waals surface area contributed by atoms with E-state index >= 15 is 0 Å². The fraction of sp³-hybridized carbons (Fsp3) is 0.0769. The zero-order chi connectivity index (χ0) is 13.7. The molecule has 1 aromatic carbocycles. The maximum absolute atomic E-state index is 10.8. The summed E-state index contributed by atoms with van der Waals surface area (Å²) in [6.45, 7) is 0.631. The highest BCUT2D eigenvalue weighted by atomic mass is 32.1. The Morgan fingerprint density at radius 3 is 2.84 bits per heavy atom. The summed E-state index contributed by atoms with van der Waals surface area (Å²) in [6.07, 6.45) is 0. The normalized spacial score (nSPS) is 9.63. The summed E-state index contributed by atoms with van der Waals surface area (Å²) in [5.74, 6) is 0. The lowest BCUT2D eigenvalue weighted by molar-refractivity contribution is 0.259. The van der Waals surface area contributed by atoms with Crippen LogP contribution in [0, 0.1) is 11.3 Å². The van der Waals surface area contributed by atoms with Crippen molar-refractivity contribution in [2.24, 2.45) is 5.73 Å². The standard InChI is InChI=1S/C13H12N4OS/c14-6-9-4-12(19-8-9)7-16-10-2-1-3-11(5-10)17-13(15)18/h1-5,8,16H,7H2,(H3,15,17,18). The molecule has 96 valence electrons. The molecule has 0 fully saturated rings. The molecule has 0 saturated carbocycles. The molecule has 0 radical (unpaired) electrons. The lowest BCUT2D eigenvalue weighted by atomic mass is 10.2. The Balaban J connectivity index is 1.99. The highest BCUT2D eigenvalue weighted by Gasteiger charge is 2.01. The summed E-state index contributed by atoms with van der Waals surface area (Å²) in [4.78, 5) is 11.8. The van der Waals surface area contributed by atoms with E-state index in [-0.39, 0.29) is 0 Å². The van der Waals surface area contributed by atoms with Crippen molar-refractivity contribution in [3.63, 3.8) is 0 Å². The Labute approximate surface area is 114 Å². The third-order valence-corrected chi connectivity index (χ3v) is 3.32. The molecule has 2 amide bonds. The van der Waals surface area contributed by atoms with Crippen LogP contribution >= 0.6 is 11.3 Å². The number of nitrogens with zero attached hydrogens (tertiary/aromatic N) is 1. The number of amides is 2. The molecule has 0 aliphatic heterocycles. The van der Waals surface area contributed by atoms with Crippen molar-refractivity contribution < 1.29 is 4.79 Å². The maximum atomic E-state index is 10.8. The van der Waals surface area contributed by atoms with E-state index in [0.717, 1.165) is 10.6 Å². The largest absolute Gasteiger partial charge is 0.380 e. The number of hydrogen-bond acceptors (Lipinski definition) is 4. The van der Waals surface area contributed by atoms with Crippen LogP contribution in [0.1, 0.15) is 10.4 Å². The lowest BCUT2D eigenvalue weighted by Gasteiger charge is -2.07. The van der Waals surface area contributed by atoms with Gasteiger partial charge in [0, 0.05) is 28.2 Å². The maximum Gasteiger partial charge on any atom is 0.316 e. The second-order valence-electron chi connectivity index (χ2n) is 3.84. The van der Waals surface area contributed by atoms with Crippen LogP contribution in [0.2, 0.25) is 0 Å². The number of carbonyl (C=O) groups is 1. The highest BCUT2D eigenvalue weighted by Crippen LogP contribution is 2.18. The van der Waals surface area contributed by atoms with Crippen molar-refractivity contribution in [2.45, 2.75) is 6.54 Å². The van der Waals surface area contributed by atoms with Gasteiger partial charge in [-0.2, -0.15) is 5.26 Å². The number of carbonyl (C=O) groups excluding carboxylic acids is 1. The smallest absolute Gasteiger partial charge is 0.316 e. The molecule has 1 aromatic heterocycles. The van der Waals surface area contributed by atoms with Gasteiger partial charge in [-0.05, 0) is 24.3 Å². The minimum absolute atomic E-state index is 0.589. The monoisotopic (exact) mass is 272 g/mol. The van der Waals surface area contributed by atoms with Gasteiger partial charge < -0.3 is 16.4 Å². The Morgan fingerprint density at radius 1 is 1.37 bits per heavy atom. The van der Waals surface area contributed by atoms with E-state index in [0.29, 0.717) is 17.8 Å². The van der Waals surface area contributed by atoms with Gasteiger partial charge in [0.1, 0.15) is 6.07 Å². The number of primary amides is 1. The molecular formula is C13H12N4OS. The SMILES string of the molecule is N#Cc1csc(CNc2cccc(NC(N)=O)c2)c1. The molecule has 2 aromatic rings. The van der Waals surface area contributed by atoms with Crippen LogP contribution in [0.25, 0.3) is 0 Å². The summed E-state index contributed by atoms with van der Waals surface area (Å²) in [5, 5.41) is 16.3. The van der Waals surface area contributed by atoms with E-state index in [2.05, 4.69) is 16.7 Å². The quantitative estimate of drug-likeness (QED) is 0.799. The van der Waals surface area contributed by atoms with Gasteiger partial charge >= 0.3 is 6.03 Å². The average Bonchev–Trinajstić information content (AvgIpc) is 2.84. The van der Waals surface area contributed by atoms with E-state index in [4.69, 9.17) is 11.0 Å². The number of nitrogens with one attached hydrogen (secondary N) is 2. The molecule has 0 saturated heterocycles. The summed E-state index contributed by atoms with van der Waals surface area (Å²) in [6, 6.07) is 10.6. The predicted molar refractivity (Wildman–Crippen MR) is 76.0 cm³/mol. The molecular weight excluding hydrogens is 260 g/mol. The summed E-state index contributed by atoms with van der Waals surface area (Å²) in [7, 11) is 0. The summed E-state index contributed by atoms with van der Waals surface area (Å²) in [5.41, 5.74) is 7.24. The van der Waals surface area contributed by atoms with Gasteiger partial charge in [-0.3, -0.25) is 0 Å². The first kappa shape index (κ1) is 12.9. The molecule has 0 atom stereocenters. The molecule has 0 bridgehead atoms. The van der Waals surface area contributed by atoms with Gasteiger partial charge in [-0.25, -0.2) is 4.79 Å². The number of rotatable bonds is 4. The van der Waals surface area contributed by atoms with Crippen LogP contribution in [0.3, 0.4) is 0 Å². The molecule has 0 aliphatic carbocycles. The number of hydrogen-bond donors (Lipinski definition) is 3. The molecule has 0 aliphatic rings. The molecule has 5 nitrogen and oxygen atoms in total. The molecule has 0 unspecified atom stereocenters. The van der Waals surface area contributed by atoms with Gasteiger partial charge in [0.05, 0.1) is 5.56 Å². The zero-order valence-corrected chi connectivity index (χ0v) is 10.8. The lowest BCUT2D eigenvalue weighted by Crippen LogP contribution is -2.19. The van der Waals surface area contributed by atoms with Crippen LogP contribution in [0.4, 0.5) is 16.2 Å². The third kappa shape index (κ3) is 3.72. The second-order valence-corrected chi connectivity index (χ2v) is 4.83. The number of thiophene rings is 1. The first-order valence-electron chi connectivity index (χ1n) is 5.55. The average molecular weight is 272 g/mol. The first-order valence-corrected chi connectivity index (χ1v) is 6.43. The predicted octanol–water partition coefficient (Wildman–Crippen LogP) is 2.72. The van der Waals surface area contributed by atoms with Gasteiger partial charge in [0.25, 0.3) is 0 Å². The van der Waals surface area contributed by atoms with Crippen molar-refractivity contribution in [1.29, 1.82) is 5.26 Å². The zero-order valence-electron chi connectivity index (χ0n) is 10.0. The number of nitriles is 1. The van der Waals surface area contributed by atoms with Crippen LogP contribution in [0.5, 0.6) is 0 Å². The molecule has 2 rings (SSSR count). The molecule has 0 spiro atoms. The Bertz CT molecular complexity index is 630. The Morgan fingerprint density at radius 2 is 2.16 bits per heavy atom. The van der Waals surface area contributed by atoms with Gasteiger partial charge in [-0.1, -0.05) is 6.07 Å². The second kappa shape index (κ2) is 5.89. The summed E-state index contributed by atoms with van der Waals surface area (Å²) < 4.78 is 0. The minimum Gasteiger partial charge on any atom is -0.380 e. The van der Waals surface area contributed by atoms with Crippen LogP contribution in [0.15, 0.2) is 35.7 Å². The van der Waals surface area contributed by atoms with Crippen LogP contribution in [-0.2, 0) is 6.54 Å². The fourth-order valence-corrected chi connectivity index (χ4v) is 2.32. The van der Waals surface area contributed by atoms with Crippen molar-refractivity contribution in [3.05, 3.63) is 46.2 Å². The molecule has 1 heterocycles. The van der Waals surface area contributed by atoms with Crippen molar-refractivity contribution in [2.75, 3.05) is 10.6 Å². The van der Waals surface area contributed by atoms with Crippen molar-refractivity contribution in [1.82, 2.24) is 0 Å². The third-order valence-electron chi connectivity index (χ3n) is 2.38. The van der Waals surface area contributed by atoms with Crippen molar-refractivity contribution >= 4 is 28.7 Å². The topological polar surface area (TPSA) is 90.9 Å². The van der Waals surface area contributed by atoms with Crippen LogP contribution in [-0.4, -0.2) is 6.03 Å².